The number of carbonyl (C=O) groups is 2. The van der Waals surface area contributed by atoms with E-state index in [1.165, 1.54) is 0 Å². The molecular weight excluding hydrogens is 331 g/mol. The molecule has 11 heteroatoms. The second-order valence-corrected chi connectivity index (χ2v) is 5.81. The Hall–Kier alpha value is -1.91. The largest absolute Gasteiger partial charge is 0.478 e. The fourth-order valence-electron chi connectivity index (χ4n) is 1.32. The number of hydrogen-bond acceptors (Lipinski definition) is 5. The van der Waals surface area contributed by atoms with E-state index in [-0.39, 0.29) is 18.2 Å². The first-order valence-corrected chi connectivity index (χ1v) is 7.15. The van der Waals surface area contributed by atoms with E-state index in [4.69, 9.17) is 16.7 Å². The van der Waals surface area contributed by atoms with Crippen LogP contribution in [0.5, 0.6) is 0 Å². The Labute approximate surface area is 123 Å². The van der Waals surface area contributed by atoms with Gasteiger partial charge in [0.2, 0.25) is 10.0 Å². The van der Waals surface area contributed by atoms with Crippen LogP contribution in [0.2, 0.25) is 5.02 Å². The van der Waals surface area contributed by atoms with E-state index in [1.54, 1.807) is 0 Å². The van der Waals surface area contributed by atoms with Crippen molar-refractivity contribution in [3.63, 3.8) is 0 Å². The molecular formula is C10H10ClFN2O6S. The molecule has 8 nitrogen and oxygen atoms in total. The second-order valence-electron chi connectivity index (χ2n) is 3.64. The average Bonchev–Trinajstić information content (AvgIpc) is 2.36. The summed E-state index contributed by atoms with van der Waals surface area (Å²) in [7, 11) is -4.37. The molecule has 0 atom stereocenters. The Kier molecular flexibility index (Phi) is 5.47. The Morgan fingerprint density at radius 1 is 1.43 bits per heavy atom. The number of rotatable bonds is 6. The van der Waals surface area contributed by atoms with E-state index < -0.39 is 38.4 Å². The van der Waals surface area contributed by atoms with Crippen LogP contribution in [-0.2, 0) is 14.8 Å². The molecule has 0 saturated heterocycles. The van der Waals surface area contributed by atoms with Gasteiger partial charge in [0.25, 0.3) is 0 Å². The molecule has 0 saturated carbocycles. The van der Waals surface area contributed by atoms with Crippen LogP contribution in [0.4, 0.5) is 9.18 Å². The number of ether oxygens (including phenoxy) is 1. The zero-order valence-electron chi connectivity index (χ0n) is 10.3. The average molecular weight is 341 g/mol. The van der Waals surface area contributed by atoms with E-state index in [2.05, 4.69) is 10.5 Å². The van der Waals surface area contributed by atoms with E-state index in [9.17, 15) is 22.4 Å². The van der Waals surface area contributed by atoms with Crippen molar-refractivity contribution in [1.29, 1.82) is 0 Å². The highest BCUT2D eigenvalue weighted by Gasteiger charge is 2.24. The number of nitrogens with two attached hydrogens (primary N) is 1. The number of nitrogens with one attached hydrogen (secondary N) is 1. The number of halogens is 2. The number of carboxylic acid groups (broad SMARTS) is 1. The first-order valence-electron chi connectivity index (χ1n) is 5.29. The summed E-state index contributed by atoms with van der Waals surface area (Å²) in [5.74, 6) is -3.11. The van der Waals surface area contributed by atoms with Crippen LogP contribution in [-0.4, -0.2) is 38.7 Å². The molecule has 116 valence electrons. The second kappa shape index (κ2) is 6.70. The lowest BCUT2D eigenvalue weighted by Crippen LogP contribution is -2.30. The van der Waals surface area contributed by atoms with Gasteiger partial charge in [-0.15, -0.1) is 0 Å². The van der Waals surface area contributed by atoms with Gasteiger partial charge in [-0.2, -0.15) is 0 Å². The molecule has 0 fully saturated rings. The molecule has 0 aliphatic heterocycles. The summed E-state index contributed by atoms with van der Waals surface area (Å²) < 4.78 is 43.8. The number of hydrogen-bond donors (Lipinski definition) is 3. The number of benzene rings is 1. The Bertz CT molecular complexity index is 678. The van der Waals surface area contributed by atoms with Crippen LogP contribution in [0.25, 0.3) is 0 Å². The van der Waals surface area contributed by atoms with Crippen molar-refractivity contribution in [3.8, 4) is 0 Å². The fraction of sp³-hybridized carbons (Fsp3) is 0.200. The minimum atomic E-state index is -4.37. The zero-order chi connectivity index (χ0) is 16.2. The van der Waals surface area contributed by atoms with Gasteiger partial charge in [-0.1, -0.05) is 11.6 Å². The summed E-state index contributed by atoms with van der Waals surface area (Å²) in [6, 6.07) is 1.55. The van der Waals surface area contributed by atoms with E-state index >= 15 is 0 Å². The molecule has 0 unspecified atom stereocenters. The number of sulfonamides is 1. The molecule has 0 aliphatic rings. The van der Waals surface area contributed by atoms with E-state index in [1.807, 2.05) is 4.72 Å². The van der Waals surface area contributed by atoms with Gasteiger partial charge in [-0.05, 0) is 12.1 Å². The van der Waals surface area contributed by atoms with Crippen LogP contribution >= 0.6 is 11.6 Å². The third-order valence-electron chi connectivity index (χ3n) is 2.16. The van der Waals surface area contributed by atoms with E-state index in [0.29, 0.717) is 0 Å². The van der Waals surface area contributed by atoms with Crippen molar-refractivity contribution in [2.24, 2.45) is 5.73 Å². The van der Waals surface area contributed by atoms with Crippen molar-refractivity contribution in [2.45, 2.75) is 4.90 Å². The number of amides is 1. The summed E-state index contributed by atoms with van der Waals surface area (Å²) in [5, 5.41) is 8.51. The molecule has 0 heterocycles. The Balaban J connectivity index is 3.03. The molecule has 0 aliphatic carbocycles. The lowest BCUT2D eigenvalue weighted by Gasteiger charge is -2.09. The maximum absolute atomic E-state index is 13.9. The fourth-order valence-corrected chi connectivity index (χ4v) is 2.74. The monoisotopic (exact) mass is 340 g/mol. The SMILES string of the molecule is NC(=O)OCCNS(=O)(=O)c1cc(Cl)cc(C(=O)O)c1F. The van der Waals surface area contributed by atoms with Gasteiger partial charge >= 0.3 is 12.1 Å². The summed E-state index contributed by atoms with van der Waals surface area (Å²) in [6.07, 6.45) is -1.10. The lowest BCUT2D eigenvalue weighted by atomic mass is 10.2. The quantitative estimate of drug-likeness (QED) is 0.647. The van der Waals surface area contributed by atoms with Gasteiger partial charge in [0, 0.05) is 11.6 Å². The number of carbonyl (C=O) groups excluding carboxylic acids is 1. The van der Waals surface area contributed by atoms with Crippen LogP contribution in [0.3, 0.4) is 0 Å². The number of primary amides is 1. The van der Waals surface area contributed by atoms with Crippen LogP contribution in [0.15, 0.2) is 17.0 Å². The number of carboxylic acids is 1. The highest BCUT2D eigenvalue weighted by Crippen LogP contribution is 2.23. The van der Waals surface area contributed by atoms with Crippen molar-refractivity contribution in [2.75, 3.05) is 13.2 Å². The van der Waals surface area contributed by atoms with Crippen LogP contribution < -0.4 is 10.5 Å². The molecule has 21 heavy (non-hydrogen) atoms. The highest BCUT2D eigenvalue weighted by atomic mass is 35.5. The molecule has 0 bridgehead atoms. The Morgan fingerprint density at radius 3 is 2.57 bits per heavy atom. The molecule has 1 aromatic carbocycles. The molecule has 0 radical (unpaired) electrons. The molecule has 0 aromatic heterocycles. The summed E-state index contributed by atoms with van der Waals surface area (Å²) >= 11 is 5.57. The van der Waals surface area contributed by atoms with E-state index in [0.717, 1.165) is 12.1 Å². The molecule has 1 rings (SSSR count). The Morgan fingerprint density at radius 2 is 2.05 bits per heavy atom. The van der Waals surface area contributed by atoms with Gasteiger partial charge in [0.1, 0.15) is 11.5 Å². The minimum absolute atomic E-state index is 0.262. The molecule has 1 aromatic rings. The third kappa shape index (κ3) is 4.55. The summed E-state index contributed by atoms with van der Waals surface area (Å²) in [5.41, 5.74) is 3.79. The minimum Gasteiger partial charge on any atom is -0.478 e. The van der Waals surface area contributed by atoms with Gasteiger partial charge < -0.3 is 15.6 Å². The van der Waals surface area contributed by atoms with Crippen molar-refractivity contribution in [1.82, 2.24) is 4.72 Å². The lowest BCUT2D eigenvalue weighted by molar-refractivity contribution is 0.0691. The van der Waals surface area contributed by atoms with Crippen molar-refractivity contribution < 1.29 is 32.2 Å². The zero-order valence-corrected chi connectivity index (χ0v) is 11.9. The summed E-state index contributed by atoms with van der Waals surface area (Å²) in [4.78, 5) is 20.2. The van der Waals surface area contributed by atoms with Gasteiger partial charge in [0.15, 0.2) is 5.82 Å². The molecule has 4 N–H and O–H groups in total. The van der Waals surface area contributed by atoms with Crippen LogP contribution in [0.1, 0.15) is 10.4 Å². The predicted octanol–water partition coefficient (Wildman–Crippen LogP) is 0.551. The first-order chi connectivity index (χ1) is 9.65. The highest BCUT2D eigenvalue weighted by molar-refractivity contribution is 7.89. The molecule has 1 amide bonds. The number of aromatic carboxylic acids is 1. The maximum Gasteiger partial charge on any atom is 0.404 e. The normalized spacial score (nSPS) is 11.1. The molecule has 0 spiro atoms. The van der Waals surface area contributed by atoms with Gasteiger partial charge in [0.05, 0.1) is 5.56 Å². The van der Waals surface area contributed by atoms with Gasteiger partial charge in [-0.3, -0.25) is 0 Å². The van der Waals surface area contributed by atoms with Crippen LogP contribution in [0, 0.1) is 5.82 Å². The standard InChI is InChI=1S/C10H10ClFN2O6S/c11-5-3-6(9(15)16)8(12)7(4-5)21(18,19)14-1-2-20-10(13)17/h3-4,14H,1-2H2,(H2,13,17)(H,15,16). The van der Waals surface area contributed by atoms with Crippen molar-refractivity contribution >= 4 is 33.7 Å². The topological polar surface area (TPSA) is 136 Å². The maximum atomic E-state index is 13.9. The van der Waals surface area contributed by atoms with Crippen molar-refractivity contribution in [3.05, 3.63) is 28.5 Å². The third-order valence-corrected chi connectivity index (χ3v) is 3.84. The van der Waals surface area contributed by atoms with Gasteiger partial charge in [-0.25, -0.2) is 27.1 Å². The predicted molar refractivity (Wildman–Crippen MR) is 69.1 cm³/mol. The smallest absolute Gasteiger partial charge is 0.404 e. The first kappa shape index (κ1) is 17.1. The summed E-state index contributed by atoms with van der Waals surface area (Å²) in [6.45, 7) is -0.748.